The SMILES string of the molecule is O=C(CSc1nc2ccccc2c(=O)n1Cc1ccc(F)cc1)Nc1cc(F)ccc1Cl. The fraction of sp³-hybridized carbons (Fsp3) is 0.0870. The van der Waals surface area contributed by atoms with Gasteiger partial charge < -0.3 is 5.32 Å². The van der Waals surface area contributed by atoms with Crippen molar-refractivity contribution in [1.29, 1.82) is 0 Å². The summed E-state index contributed by atoms with van der Waals surface area (Å²) in [4.78, 5) is 30.1. The van der Waals surface area contributed by atoms with Gasteiger partial charge in [-0.05, 0) is 48.0 Å². The minimum absolute atomic E-state index is 0.0823. The molecule has 0 fully saturated rings. The quantitative estimate of drug-likeness (QED) is 0.313. The number of hydrogen-bond acceptors (Lipinski definition) is 4. The molecule has 0 saturated carbocycles. The Bertz CT molecular complexity index is 1360. The first-order valence-electron chi connectivity index (χ1n) is 9.52. The van der Waals surface area contributed by atoms with Crippen LogP contribution in [-0.4, -0.2) is 21.2 Å². The fourth-order valence-electron chi connectivity index (χ4n) is 3.08. The Kier molecular flexibility index (Phi) is 6.53. The highest BCUT2D eigenvalue weighted by molar-refractivity contribution is 7.99. The summed E-state index contributed by atoms with van der Waals surface area (Å²) in [6.07, 6.45) is 0. The number of carbonyl (C=O) groups is 1. The molecule has 1 amide bonds. The molecule has 4 rings (SSSR count). The smallest absolute Gasteiger partial charge is 0.262 e. The number of benzene rings is 3. The average Bonchev–Trinajstić information content (AvgIpc) is 2.78. The van der Waals surface area contributed by atoms with Crippen molar-refractivity contribution in [1.82, 2.24) is 9.55 Å². The fourth-order valence-corrected chi connectivity index (χ4v) is 4.04. The van der Waals surface area contributed by atoms with Crippen LogP contribution in [0, 0.1) is 11.6 Å². The monoisotopic (exact) mass is 471 g/mol. The second kappa shape index (κ2) is 9.50. The van der Waals surface area contributed by atoms with E-state index in [-0.39, 0.29) is 34.4 Å². The third-order valence-corrected chi connectivity index (χ3v) is 5.92. The largest absolute Gasteiger partial charge is 0.324 e. The molecule has 0 spiro atoms. The van der Waals surface area contributed by atoms with Crippen molar-refractivity contribution in [2.24, 2.45) is 0 Å². The van der Waals surface area contributed by atoms with Gasteiger partial charge >= 0.3 is 0 Å². The molecule has 0 bridgehead atoms. The molecule has 162 valence electrons. The van der Waals surface area contributed by atoms with E-state index in [1.807, 2.05) is 0 Å². The molecule has 0 aliphatic rings. The predicted octanol–water partition coefficient (Wildman–Crippen LogP) is 5.11. The minimum Gasteiger partial charge on any atom is -0.324 e. The number of hydrogen-bond donors (Lipinski definition) is 1. The van der Waals surface area contributed by atoms with Gasteiger partial charge in [0.2, 0.25) is 5.91 Å². The van der Waals surface area contributed by atoms with Crippen LogP contribution in [-0.2, 0) is 11.3 Å². The Labute approximate surface area is 191 Å². The van der Waals surface area contributed by atoms with Crippen molar-refractivity contribution < 1.29 is 13.6 Å². The van der Waals surface area contributed by atoms with Gasteiger partial charge in [-0.15, -0.1) is 0 Å². The first-order valence-corrected chi connectivity index (χ1v) is 10.9. The first-order chi connectivity index (χ1) is 15.4. The molecule has 0 saturated heterocycles. The van der Waals surface area contributed by atoms with E-state index in [4.69, 9.17) is 11.6 Å². The molecular formula is C23H16ClF2N3O2S. The summed E-state index contributed by atoms with van der Waals surface area (Å²) in [5.74, 6) is -1.42. The van der Waals surface area contributed by atoms with Crippen LogP contribution in [0.3, 0.4) is 0 Å². The molecule has 4 aromatic rings. The topological polar surface area (TPSA) is 64.0 Å². The van der Waals surface area contributed by atoms with Crippen LogP contribution in [0.5, 0.6) is 0 Å². The Morgan fingerprint density at radius 3 is 2.53 bits per heavy atom. The molecule has 1 heterocycles. The van der Waals surface area contributed by atoms with E-state index < -0.39 is 11.7 Å². The van der Waals surface area contributed by atoms with Gasteiger partial charge in [-0.25, -0.2) is 13.8 Å². The molecule has 0 aliphatic carbocycles. The molecule has 5 nitrogen and oxygen atoms in total. The van der Waals surface area contributed by atoms with Gasteiger partial charge in [0, 0.05) is 0 Å². The van der Waals surface area contributed by atoms with Gasteiger partial charge in [0.25, 0.3) is 5.56 Å². The zero-order chi connectivity index (χ0) is 22.7. The maximum absolute atomic E-state index is 13.4. The van der Waals surface area contributed by atoms with Gasteiger partial charge in [-0.2, -0.15) is 0 Å². The van der Waals surface area contributed by atoms with Gasteiger partial charge in [-0.3, -0.25) is 14.2 Å². The summed E-state index contributed by atoms with van der Waals surface area (Å²) in [6, 6.07) is 16.4. The minimum atomic E-state index is -0.526. The number of aromatic nitrogens is 2. The second-order valence-corrected chi connectivity index (χ2v) is 8.24. The Hall–Kier alpha value is -3.23. The molecule has 9 heteroatoms. The maximum atomic E-state index is 13.4. The Morgan fingerprint density at radius 1 is 1.03 bits per heavy atom. The number of carbonyl (C=O) groups excluding carboxylic acids is 1. The van der Waals surface area contributed by atoms with Crippen LogP contribution in [0.1, 0.15) is 5.56 Å². The Balaban J connectivity index is 1.61. The number of fused-ring (bicyclic) bond motifs is 1. The van der Waals surface area contributed by atoms with Gasteiger partial charge in [0.05, 0.1) is 33.9 Å². The molecule has 1 aromatic heterocycles. The van der Waals surface area contributed by atoms with Crippen molar-refractivity contribution in [2.75, 3.05) is 11.1 Å². The van der Waals surface area contributed by atoms with Crippen LogP contribution >= 0.6 is 23.4 Å². The zero-order valence-corrected chi connectivity index (χ0v) is 18.1. The van der Waals surface area contributed by atoms with Crippen molar-refractivity contribution in [3.8, 4) is 0 Å². The molecule has 0 unspecified atom stereocenters. The highest BCUT2D eigenvalue weighted by Crippen LogP contribution is 2.24. The van der Waals surface area contributed by atoms with E-state index in [0.29, 0.717) is 21.6 Å². The number of anilines is 1. The van der Waals surface area contributed by atoms with E-state index in [9.17, 15) is 18.4 Å². The van der Waals surface area contributed by atoms with Crippen LogP contribution in [0.15, 0.2) is 76.7 Å². The van der Waals surface area contributed by atoms with E-state index in [0.717, 1.165) is 17.8 Å². The molecular weight excluding hydrogens is 456 g/mol. The lowest BCUT2D eigenvalue weighted by Gasteiger charge is -2.13. The average molecular weight is 472 g/mol. The second-order valence-electron chi connectivity index (χ2n) is 6.89. The number of halogens is 3. The van der Waals surface area contributed by atoms with Gasteiger partial charge in [-0.1, -0.05) is 47.6 Å². The number of thioether (sulfide) groups is 1. The molecule has 0 atom stereocenters. The number of amides is 1. The van der Waals surface area contributed by atoms with E-state index in [1.54, 1.807) is 36.4 Å². The van der Waals surface area contributed by atoms with Crippen LogP contribution in [0.4, 0.5) is 14.5 Å². The summed E-state index contributed by atoms with van der Waals surface area (Å²) < 4.78 is 28.2. The van der Waals surface area contributed by atoms with Crippen molar-refractivity contribution >= 4 is 45.9 Å². The van der Waals surface area contributed by atoms with Gasteiger partial charge in [0.1, 0.15) is 11.6 Å². The molecule has 3 aromatic carbocycles. The van der Waals surface area contributed by atoms with Crippen molar-refractivity contribution in [3.05, 3.63) is 99.3 Å². The van der Waals surface area contributed by atoms with Gasteiger partial charge in [0.15, 0.2) is 5.16 Å². The lowest BCUT2D eigenvalue weighted by molar-refractivity contribution is -0.113. The molecule has 1 N–H and O–H groups in total. The number of nitrogens with one attached hydrogen (secondary N) is 1. The summed E-state index contributed by atoms with van der Waals surface area (Å²) in [6.45, 7) is 0.163. The number of para-hydroxylation sites is 1. The lowest BCUT2D eigenvalue weighted by Crippen LogP contribution is -2.25. The highest BCUT2D eigenvalue weighted by Gasteiger charge is 2.15. The predicted molar refractivity (Wildman–Crippen MR) is 122 cm³/mol. The van der Waals surface area contributed by atoms with Crippen LogP contribution < -0.4 is 10.9 Å². The van der Waals surface area contributed by atoms with Crippen LogP contribution in [0.2, 0.25) is 5.02 Å². The summed E-state index contributed by atoms with van der Waals surface area (Å²) in [5, 5.41) is 3.54. The third-order valence-electron chi connectivity index (χ3n) is 4.62. The van der Waals surface area contributed by atoms with E-state index in [1.165, 1.54) is 28.8 Å². The normalized spacial score (nSPS) is 11.0. The molecule has 0 aliphatic heterocycles. The van der Waals surface area contributed by atoms with E-state index in [2.05, 4.69) is 10.3 Å². The number of nitrogens with zero attached hydrogens (tertiary/aromatic N) is 2. The third kappa shape index (κ3) is 4.98. The summed E-state index contributed by atoms with van der Waals surface area (Å²) in [5.41, 5.74) is 1.11. The summed E-state index contributed by atoms with van der Waals surface area (Å²) >= 11 is 7.06. The van der Waals surface area contributed by atoms with E-state index >= 15 is 0 Å². The highest BCUT2D eigenvalue weighted by atomic mass is 35.5. The maximum Gasteiger partial charge on any atom is 0.262 e. The molecule has 0 radical (unpaired) electrons. The van der Waals surface area contributed by atoms with Crippen molar-refractivity contribution in [2.45, 2.75) is 11.7 Å². The summed E-state index contributed by atoms with van der Waals surface area (Å²) in [7, 11) is 0. The molecule has 32 heavy (non-hydrogen) atoms. The van der Waals surface area contributed by atoms with Crippen LogP contribution in [0.25, 0.3) is 10.9 Å². The van der Waals surface area contributed by atoms with Crippen molar-refractivity contribution in [3.63, 3.8) is 0 Å². The first kappa shape index (κ1) is 22.0. The number of rotatable bonds is 6. The Morgan fingerprint density at radius 2 is 1.75 bits per heavy atom. The standard InChI is InChI=1S/C23H16ClF2N3O2S/c24-18-10-9-16(26)11-20(18)27-21(30)13-32-23-28-19-4-2-1-3-17(19)22(31)29(23)12-14-5-7-15(25)8-6-14/h1-11H,12-13H2,(H,27,30). The lowest BCUT2D eigenvalue weighted by atomic mass is 10.2. The zero-order valence-electron chi connectivity index (χ0n) is 16.5.